The second-order valence-electron chi connectivity index (χ2n) is 4.14. The van der Waals surface area contributed by atoms with E-state index in [-0.39, 0.29) is 12.1 Å². The first kappa shape index (κ1) is 13.7. The zero-order valence-corrected chi connectivity index (χ0v) is 9.63. The van der Waals surface area contributed by atoms with Crippen LogP contribution in [-0.4, -0.2) is 54.7 Å². The van der Waals surface area contributed by atoms with E-state index in [2.05, 4.69) is 10.6 Å². The van der Waals surface area contributed by atoms with Gasteiger partial charge in [0.2, 0.25) is 0 Å². The molecule has 0 fully saturated rings. The van der Waals surface area contributed by atoms with Crippen LogP contribution in [0.2, 0.25) is 0 Å². The average molecular weight is 217 g/mol. The third-order valence-corrected chi connectivity index (χ3v) is 2.29. The Morgan fingerprint density at radius 1 is 1.27 bits per heavy atom. The maximum atomic E-state index is 11.1. The van der Waals surface area contributed by atoms with Crippen molar-refractivity contribution >= 4 is 12.0 Å². The monoisotopic (exact) mass is 217 g/mol. The lowest BCUT2D eigenvalue weighted by Crippen LogP contribution is -2.50. The van der Waals surface area contributed by atoms with Crippen LogP contribution in [0.25, 0.3) is 0 Å². The third kappa shape index (κ3) is 5.90. The molecule has 0 aliphatic carbocycles. The molecule has 0 spiro atoms. The van der Waals surface area contributed by atoms with E-state index in [4.69, 9.17) is 5.11 Å². The Morgan fingerprint density at radius 3 is 2.20 bits per heavy atom. The van der Waals surface area contributed by atoms with E-state index < -0.39 is 12.0 Å². The lowest BCUT2D eigenvalue weighted by Gasteiger charge is -2.32. The number of urea groups is 1. The summed E-state index contributed by atoms with van der Waals surface area (Å²) in [5, 5.41) is 13.2. The molecule has 15 heavy (non-hydrogen) atoms. The first-order chi connectivity index (χ1) is 6.75. The highest BCUT2D eigenvalue weighted by Crippen LogP contribution is 2.07. The fourth-order valence-corrected chi connectivity index (χ4v) is 0.673. The van der Waals surface area contributed by atoms with Gasteiger partial charge in [0.15, 0.2) is 0 Å². The van der Waals surface area contributed by atoms with Crippen LogP contribution >= 0.6 is 0 Å². The second-order valence-corrected chi connectivity index (χ2v) is 4.14. The van der Waals surface area contributed by atoms with Crippen molar-refractivity contribution < 1.29 is 14.7 Å². The van der Waals surface area contributed by atoms with Gasteiger partial charge in [0, 0.05) is 12.1 Å². The summed E-state index contributed by atoms with van der Waals surface area (Å²) in [6, 6.07) is -0.465. The Hall–Kier alpha value is -1.30. The van der Waals surface area contributed by atoms with Gasteiger partial charge in [-0.05, 0) is 27.9 Å². The Labute approximate surface area is 89.6 Å². The minimum absolute atomic E-state index is 0.166. The lowest BCUT2D eigenvalue weighted by molar-refractivity contribution is -0.135. The van der Waals surface area contributed by atoms with Gasteiger partial charge < -0.3 is 20.6 Å². The molecule has 0 bridgehead atoms. The Balaban J connectivity index is 3.85. The molecule has 0 saturated heterocycles. The van der Waals surface area contributed by atoms with Crippen LogP contribution < -0.4 is 10.6 Å². The molecule has 0 unspecified atom stereocenters. The van der Waals surface area contributed by atoms with E-state index >= 15 is 0 Å². The minimum Gasteiger partial charge on any atom is -0.480 e. The van der Waals surface area contributed by atoms with Crippen molar-refractivity contribution in [2.75, 3.05) is 27.2 Å². The molecule has 0 aliphatic rings. The van der Waals surface area contributed by atoms with Gasteiger partial charge in [0.05, 0.1) is 0 Å². The summed E-state index contributed by atoms with van der Waals surface area (Å²) in [6.07, 6.45) is 0. The summed E-state index contributed by atoms with van der Waals surface area (Å²) in [7, 11) is 3.83. The Morgan fingerprint density at radius 2 is 1.80 bits per heavy atom. The molecule has 6 heteroatoms. The zero-order chi connectivity index (χ0) is 12.1. The first-order valence-electron chi connectivity index (χ1n) is 4.66. The highest BCUT2D eigenvalue weighted by molar-refractivity contribution is 5.79. The van der Waals surface area contributed by atoms with E-state index in [0.717, 1.165) is 0 Å². The molecule has 0 saturated carbocycles. The number of likely N-dealkylation sites (N-methyl/N-ethyl adjacent to an activating group) is 1. The van der Waals surface area contributed by atoms with E-state index in [0.29, 0.717) is 6.54 Å². The number of nitrogens with one attached hydrogen (secondary N) is 2. The van der Waals surface area contributed by atoms with Gasteiger partial charge in [-0.3, -0.25) is 4.79 Å². The molecule has 2 amide bonds. The molecular weight excluding hydrogens is 198 g/mol. The number of rotatable bonds is 5. The normalized spacial score (nSPS) is 11.3. The maximum Gasteiger partial charge on any atom is 0.323 e. The molecule has 0 aliphatic heterocycles. The van der Waals surface area contributed by atoms with E-state index in [1.807, 2.05) is 32.8 Å². The summed E-state index contributed by atoms with van der Waals surface area (Å²) in [5.41, 5.74) is -0.166. The van der Waals surface area contributed by atoms with Crippen LogP contribution in [0.3, 0.4) is 0 Å². The number of carboxylic acids is 1. The predicted molar refractivity (Wildman–Crippen MR) is 56.8 cm³/mol. The van der Waals surface area contributed by atoms with Crippen LogP contribution in [0.5, 0.6) is 0 Å². The molecule has 0 aromatic heterocycles. The molecule has 3 N–H and O–H groups in total. The van der Waals surface area contributed by atoms with Crippen molar-refractivity contribution in [2.45, 2.75) is 19.4 Å². The molecule has 88 valence electrons. The van der Waals surface area contributed by atoms with Crippen molar-refractivity contribution in [3.05, 3.63) is 0 Å². The van der Waals surface area contributed by atoms with Crippen molar-refractivity contribution in [1.29, 1.82) is 0 Å². The number of carboxylic acid groups (broad SMARTS) is 1. The van der Waals surface area contributed by atoms with Gasteiger partial charge >= 0.3 is 12.0 Å². The topological polar surface area (TPSA) is 81.7 Å². The van der Waals surface area contributed by atoms with E-state index in [1.165, 1.54) is 0 Å². The minimum atomic E-state index is -1.06. The summed E-state index contributed by atoms with van der Waals surface area (Å²) in [4.78, 5) is 23.3. The predicted octanol–water partition coefficient (Wildman–Crippen LogP) is -0.290. The smallest absolute Gasteiger partial charge is 0.323 e. The summed E-state index contributed by atoms with van der Waals surface area (Å²) < 4.78 is 0. The number of hydrogen-bond donors (Lipinski definition) is 3. The molecule has 0 aromatic rings. The number of nitrogens with zero attached hydrogens (tertiary/aromatic N) is 1. The van der Waals surface area contributed by atoms with Crippen LogP contribution in [0.1, 0.15) is 13.8 Å². The molecule has 0 aromatic carbocycles. The number of hydrogen-bond acceptors (Lipinski definition) is 3. The van der Waals surface area contributed by atoms with Gasteiger partial charge in [-0.1, -0.05) is 0 Å². The van der Waals surface area contributed by atoms with Gasteiger partial charge in [-0.25, -0.2) is 4.79 Å². The van der Waals surface area contributed by atoms with Gasteiger partial charge in [0.25, 0.3) is 0 Å². The van der Waals surface area contributed by atoms with Crippen LogP contribution in [0.15, 0.2) is 0 Å². The van der Waals surface area contributed by atoms with Crippen molar-refractivity contribution in [2.24, 2.45) is 0 Å². The molecule has 0 radical (unpaired) electrons. The van der Waals surface area contributed by atoms with E-state index in [1.54, 1.807) is 0 Å². The van der Waals surface area contributed by atoms with Crippen LogP contribution in [0, 0.1) is 0 Å². The first-order valence-corrected chi connectivity index (χ1v) is 4.66. The second kappa shape index (κ2) is 5.55. The fourth-order valence-electron chi connectivity index (χ4n) is 0.673. The van der Waals surface area contributed by atoms with Crippen LogP contribution in [-0.2, 0) is 4.79 Å². The van der Waals surface area contributed by atoms with Gasteiger partial charge in [0.1, 0.15) is 6.54 Å². The van der Waals surface area contributed by atoms with E-state index in [9.17, 15) is 9.59 Å². The largest absolute Gasteiger partial charge is 0.480 e. The number of aliphatic carboxylic acids is 1. The number of amides is 2. The van der Waals surface area contributed by atoms with Crippen molar-refractivity contribution in [3.8, 4) is 0 Å². The lowest BCUT2D eigenvalue weighted by atomic mass is 10.1. The third-order valence-electron chi connectivity index (χ3n) is 2.29. The summed E-state index contributed by atoms with van der Waals surface area (Å²) in [6.45, 7) is 4.04. The SMILES string of the molecule is CN(C)C(C)(C)CNC(=O)NCC(=O)O. The highest BCUT2D eigenvalue weighted by Gasteiger charge is 2.20. The fraction of sp³-hybridized carbons (Fsp3) is 0.778. The maximum absolute atomic E-state index is 11.1. The molecule has 6 nitrogen and oxygen atoms in total. The average Bonchev–Trinajstić information content (AvgIpc) is 2.11. The quantitative estimate of drug-likeness (QED) is 0.591. The molecular formula is C9H19N3O3. The summed E-state index contributed by atoms with van der Waals surface area (Å²) >= 11 is 0. The van der Waals surface area contributed by atoms with Gasteiger partial charge in [-0.15, -0.1) is 0 Å². The van der Waals surface area contributed by atoms with Crippen LogP contribution in [0.4, 0.5) is 4.79 Å². The molecule has 0 heterocycles. The number of carbonyl (C=O) groups is 2. The standard InChI is InChI=1S/C9H19N3O3/c1-9(2,12(3)4)6-11-8(15)10-5-7(13)14/h5-6H2,1-4H3,(H,13,14)(H2,10,11,15). The highest BCUT2D eigenvalue weighted by atomic mass is 16.4. The molecule has 0 atom stereocenters. The van der Waals surface area contributed by atoms with Crippen molar-refractivity contribution in [3.63, 3.8) is 0 Å². The van der Waals surface area contributed by atoms with Gasteiger partial charge in [-0.2, -0.15) is 0 Å². The molecule has 0 rings (SSSR count). The van der Waals surface area contributed by atoms with Crippen molar-refractivity contribution in [1.82, 2.24) is 15.5 Å². The Bertz CT molecular complexity index is 239. The Kier molecular flexibility index (Phi) is 5.07. The zero-order valence-electron chi connectivity index (χ0n) is 9.63. The number of carbonyl (C=O) groups excluding carboxylic acids is 1. The summed E-state index contributed by atoms with van der Waals surface area (Å²) in [5.74, 6) is -1.06.